The second-order valence-electron chi connectivity index (χ2n) is 7.05. The molecule has 134 valence electrons. The first-order valence-corrected chi connectivity index (χ1v) is 9.87. The third-order valence-corrected chi connectivity index (χ3v) is 6.75. The van der Waals surface area contributed by atoms with Crippen molar-refractivity contribution in [1.29, 1.82) is 0 Å². The number of aryl methyl sites for hydroxylation is 2. The van der Waals surface area contributed by atoms with Gasteiger partial charge in [0.1, 0.15) is 11.4 Å². The molecule has 2 aliphatic heterocycles. The molecule has 25 heavy (non-hydrogen) atoms. The van der Waals surface area contributed by atoms with Crippen molar-refractivity contribution in [3.05, 3.63) is 38.9 Å². The molecule has 0 radical (unpaired) electrons. The monoisotopic (exact) mass is 360 g/mol. The Bertz CT molecular complexity index is 752. The Labute approximate surface area is 151 Å². The van der Waals surface area contributed by atoms with E-state index in [2.05, 4.69) is 16.6 Å². The van der Waals surface area contributed by atoms with Crippen molar-refractivity contribution in [1.82, 2.24) is 10.1 Å². The predicted molar refractivity (Wildman–Crippen MR) is 95.8 cm³/mol. The number of piperidine rings is 1. The lowest BCUT2D eigenvalue weighted by molar-refractivity contribution is -0.140. The number of nitrogens with zero attached hydrogens (tertiary/aromatic N) is 2. The highest BCUT2D eigenvalue weighted by molar-refractivity contribution is 7.10. The van der Waals surface area contributed by atoms with Gasteiger partial charge in [-0.15, -0.1) is 11.3 Å². The Morgan fingerprint density at radius 3 is 2.88 bits per heavy atom. The number of rotatable bonds is 3. The van der Waals surface area contributed by atoms with Crippen LogP contribution in [0.3, 0.4) is 0 Å². The van der Waals surface area contributed by atoms with Crippen LogP contribution >= 0.6 is 11.3 Å². The minimum absolute atomic E-state index is 0.153. The van der Waals surface area contributed by atoms with Crippen molar-refractivity contribution in [3.8, 4) is 0 Å². The van der Waals surface area contributed by atoms with Gasteiger partial charge in [-0.05, 0) is 56.5 Å². The van der Waals surface area contributed by atoms with Gasteiger partial charge in [0, 0.05) is 30.0 Å². The summed E-state index contributed by atoms with van der Waals surface area (Å²) in [5.41, 5.74) is 3.25. The van der Waals surface area contributed by atoms with Gasteiger partial charge in [-0.3, -0.25) is 4.79 Å². The van der Waals surface area contributed by atoms with Crippen LogP contribution in [-0.2, 0) is 28.0 Å². The van der Waals surface area contributed by atoms with Gasteiger partial charge >= 0.3 is 0 Å². The molecule has 0 N–H and O–H groups in total. The number of ether oxygens (including phenoxy) is 1. The number of amides is 1. The summed E-state index contributed by atoms with van der Waals surface area (Å²) >= 11 is 1.81. The molecule has 1 saturated heterocycles. The summed E-state index contributed by atoms with van der Waals surface area (Å²) in [7, 11) is 0. The van der Waals surface area contributed by atoms with Crippen LogP contribution in [0, 0.1) is 13.8 Å². The van der Waals surface area contributed by atoms with Crippen molar-refractivity contribution in [2.24, 2.45) is 0 Å². The molecule has 2 aliphatic rings. The van der Waals surface area contributed by atoms with Crippen LogP contribution in [-0.4, -0.2) is 35.7 Å². The average molecular weight is 360 g/mol. The van der Waals surface area contributed by atoms with Crippen molar-refractivity contribution >= 4 is 17.2 Å². The quantitative estimate of drug-likeness (QED) is 0.842. The third-order valence-electron chi connectivity index (χ3n) is 5.60. The van der Waals surface area contributed by atoms with E-state index in [0.29, 0.717) is 12.8 Å². The zero-order chi connectivity index (χ0) is 17.4. The molecule has 4 rings (SSSR count). The molecule has 1 amide bonds. The summed E-state index contributed by atoms with van der Waals surface area (Å²) in [6, 6.07) is 2.23. The number of carbonyl (C=O) groups excluding carboxylic acids is 1. The van der Waals surface area contributed by atoms with Crippen LogP contribution in [0.1, 0.15) is 46.7 Å². The minimum Gasteiger partial charge on any atom is -0.369 e. The standard InChI is InChI=1S/C19H24N2O3S/c1-13-16(14(2)24-20-13)3-4-17(22)21-9-7-19(8-10-21)18-15(5-11-23-19)6-12-25-18/h6,12H,3-5,7-11H2,1-2H3. The van der Waals surface area contributed by atoms with Crippen LogP contribution in [0.25, 0.3) is 0 Å². The third kappa shape index (κ3) is 3.02. The summed E-state index contributed by atoms with van der Waals surface area (Å²) in [6.07, 6.45) is 4.03. The molecular formula is C19H24N2O3S. The minimum atomic E-state index is -0.153. The first kappa shape index (κ1) is 16.8. The van der Waals surface area contributed by atoms with Crippen LogP contribution in [0.15, 0.2) is 16.0 Å². The maximum Gasteiger partial charge on any atom is 0.222 e. The molecule has 1 spiro atoms. The molecule has 0 atom stereocenters. The van der Waals surface area contributed by atoms with E-state index in [1.165, 1.54) is 10.4 Å². The summed E-state index contributed by atoms with van der Waals surface area (Å²) in [5, 5.41) is 6.13. The highest BCUT2D eigenvalue weighted by Crippen LogP contribution is 2.44. The first-order valence-electron chi connectivity index (χ1n) is 8.99. The average Bonchev–Trinajstić information content (AvgIpc) is 3.22. The van der Waals surface area contributed by atoms with E-state index in [9.17, 15) is 4.79 Å². The van der Waals surface area contributed by atoms with Gasteiger partial charge in [0.2, 0.25) is 5.91 Å². The summed E-state index contributed by atoms with van der Waals surface area (Å²) in [6.45, 7) is 6.18. The Balaban J connectivity index is 1.37. The van der Waals surface area contributed by atoms with E-state index >= 15 is 0 Å². The zero-order valence-corrected chi connectivity index (χ0v) is 15.7. The number of likely N-dealkylation sites (tertiary alicyclic amines) is 1. The molecule has 6 heteroatoms. The predicted octanol–water partition coefficient (Wildman–Crippen LogP) is 3.38. The Hall–Kier alpha value is -1.66. The van der Waals surface area contributed by atoms with E-state index < -0.39 is 0 Å². The molecule has 4 heterocycles. The summed E-state index contributed by atoms with van der Waals surface area (Å²) < 4.78 is 11.4. The Kier molecular flexibility index (Phi) is 4.41. The largest absolute Gasteiger partial charge is 0.369 e. The molecule has 0 saturated carbocycles. The van der Waals surface area contributed by atoms with E-state index in [4.69, 9.17) is 9.26 Å². The second-order valence-corrected chi connectivity index (χ2v) is 7.97. The van der Waals surface area contributed by atoms with Gasteiger partial charge in [0.15, 0.2) is 0 Å². The fourth-order valence-corrected chi connectivity index (χ4v) is 5.26. The molecular weight excluding hydrogens is 336 g/mol. The molecule has 5 nitrogen and oxygen atoms in total. The van der Waals surface area contributed by atoms with Gasteiger partial charge in [-0.2, -0.15) is 0 Å². The first-order chi connectivity index (χ1) is 12.1. The molecule has 0 aromatic carbocycles. The van der Waals surface area contributed by atoms with Crippen LogP contribution in [0.5, 0.6) is 0 Å². The van der Waals surface area contributed by atoms with Crippen LogP contribution in [0.4, 0.5) is 0 Å². The van der Waals surface area contributed by atoms with Crippen molar-refractivity contribution in [3.63, 3.8) is 0 Å². The molecule has 1 fully saturated rings. The van der Waals surface area contributed by atoms with Gasteiger partial charge in [-0.25, -0.2) is 0 Å². The molecule has 2 aromatic heterocycles. The van der Waals surface area contributed by atoms with Crippen molar-refractivity contribution in [2.75, 3.05) is 19.7 Å². The van der Waals surface area contributed by atoms with Gasteiger partial charge < -0.3 is 14.2 Å². The number of carbonyl (C=O) groups is 1. The fourth-order valence-electron chi connectivity index (χ4n) is 4.09. The van der Waals surface area contributed by atoms with Crippen LogP contribution < -0.4 is 0 Å². The Morgan fingerprint density at radius 1 is 1.36 bits per heavy atom. The number of thiophene rings is 1. The second kappa shape index (κ2) is 6.57. The normalized spacial score (nSPS) is 19.2. The lowest BCUT2D eigenvalue weighted by Crippen LogP contribution is -2.47. The van der Waals surface area contributed by atoms with E-state index in [0.717, 1.165) is 56.0 Å². The van der Waals surface area contributed by atoms with Gasteiger partial charge in [-0.1, -0.05) is 5.16 Å². The lowest BCUT2D eigenvalue weighted by Gasteiger charge is -2.43. The highest BCUT2D eigenvalue weighted by atomic mass is 32.1. The number of aromatic nitrogens is 1. The molecule has 0 aliphatic carbocycles. The summed E-state index contributed by atoms with van der Waals surface area (Å²) in [5.74, 6) is 1.04. The lowest BCUT2D eigenvalue weighted by atomic mass is 9.85. The highest BCUT2D eigenvalue weighted by Gasteiger charge is 2.42. The fraction of sp³-hybridized carbons (Fsp3) is 0.579. The Morgan fingerprint density at radius 2 is 2.16 bits per heavy atom. The summed E-state index contributed by atoms with van der Waals surface area (Å²) in [4.78, 5) is 16.0. The molecule has 0 unspecified atom stereocenters. The zero-order valence-electron chi connectivity index (χ0n) is 14.8. The smallest absolute Gasteiger partial charge is 0.222 e. The topological polar surface area (TPSA) is 55.6 Å². The van der Waals surface area contributed by atoms with E-state index in [-0.39, 0.29) is 11.5 Å². The maximum atomic E-state index is 12.6. The number of hydrogen-bond donors (Lipinski definition) is 0. The maximum absolute atomic E-state index is 12.6. The SMILES string of the molecule is Cc1noc(C)c1CCC(=O)N1CCC2(CC1)OCCc1ccsc12. The van der Waals surface area contributed by atoms with E-state index in [1.54, 1.807) is 11.3 Å². The molecule has 0 bridgehead atoms. The number of fused-ring (bicyclic) bond motifs is 2. The van der Waals surface area contributed by atoms with Gasteiger partial charge in [0.25, 0.3) is 0 Å². The van der Waals surface area contributed by atoms with Crippen LogP contribution in [0.2, 0.25) is 0 Å². The van der Waals surface area contributed by atoms with Crippen molar-refractivity contribution < 1.29 is 14.1 Å². The van der Waals surface area contributed by atoms with E-state index in [1.807, 2.05) is 18.7 Å². The van der Waals surface area contributed by atoms with Gasteiger partial charge in [0.05, 0.1) is 12.3 Å². The van der Waals surface area contributed by atoms with Crippen molar-refractivity contribution in [2.45, 2.75) is 51.6 Å². The number of hydrogen-bond acceptors (Lipinski definition) is 5. The molecule has 2 aromatic rings.